The molecule has 0 radical (unpaired) electrons. The lowest BCUT2D eigenvalue weighted by Gasteiger charge is -2.14. The average molecular weight is 340 g/mol. The van der Waals surface area contributed by atoms with Crippen LogP contribution in [0, 0.1) is 0 Å². The van der Waals surface area contributed by atoms with E-state index in [9.17, 15) is 13.5 Å². The Morgan fingerprint density at radius 1 is 1.22 bits per heavy atom. The molecule has 0 saturated heterocycles. The second kappa shape index (κ2) is 7.03. The van der Waals surface area contributed by atoms with Crippen molar-refractivity contribution < 1.29 is 23.0 Å². The van der Waals surface area contributed by atoms with Gasteiger partial charge in [0.25, 0.3) is 0 Å². The van der Waals surface area contributed by atoms with Crippen LogP contribution in [0.2, 0.25) is 0 Å². The van der Waals surface area contributed by atoms with E-state index in [0.717, 1.165) is 0 Å². The third kappa shape index (κ3) is 3.84. The number of benzene rings is 1. The molecular formula is C15H20N2O5S. The third-order valence-corrected chi connectivity index (χ3v) is 4.88. The molecule has 126 valence electrons. The fraction of sp³-hybridized carbons (Fsp3) is 0.333. The quantitative estimate of drug-likeness (QED) is 0.786. The molecule has 1 unspecified atom stereocenters. The molecule has 0 aliphatic rings. The lowest BCUT2D eigenvalue weighted by atomic mass is 10.2. The third-order valence-electron chi connectivity index (χ3n) is 3.46. The SMILES string of the molecule is COc1ccc(S(=O)(=O)NCC(O)c2cccn2C)cc1OC. The summed E-state index contributed by atoms with van der Waals surface area (Å²) >= 11 is 0. The van der Waals surface area contributed by atoms with Gasteiger partial charge in [0.15, 0.2) is 11.5 Å². The fourth-order valence-corrected chi connectivity index (χ4v) is 3.23. The van der Waals surface area contributed by atoms with E-state index < -0.39 is 16.1 Å². The molecule has 0 spiro atoms. The largest absolute Gasteiger partial charge is 0.493 e. The summed E-state index contributed by atoms with van der Waals surface area (Å²) in [6.45, 7) is -0.130. The lowest BCUT2D eigenvalue weighted by molar-refractivity contribution is 0.173. The van der Waals surface area contributed by atoms with Crippen LogP contribution >= 0.6 is 0 Å². The molecule has 0 bridgehead atoms. The van der Waals surface area contributed by atoms with E-state index >= 15 is 0 Å². The molecule has 1 atom stereocenters. The van der Waals surface area contributed by atoms with E-state index in [-0.39, 0.29) is 11.4 Å². The Morgan fingerprint density at radius 3 is 2.48 bits per heavy atom. The predicted octanol–water partition coefficient (Wildman–Crippen LogP) is 1.05. The molecule has 2 N–H and O–H groups in total. The van der Waals surface area contributed by atoms with Crippen molar-refractivity contribution in [3.63, 3.8) is 0 Å². The van der Waals surface area contributed by atoms with E-state index in [1.807, 2.05) is 0 Å². The molecule has 1 aromatic carbocycles. The number of hydrogen-bond acceptors (Lipinski definition) is 5. The van der Waals surface area contributed by atoms with Crippen molar-refractivity contribution in [1.29, 1.82) is 0 Å². The second-order valence-electron chi connectivity index (χ2n) is 4.93. The molecule has 0 amide bonds. The van der Waals surface area contributed by atoms with Gasteiger partial charge >= 0.3 is 0 Å². The Balaban J connectivity index is 2.14. The molecular weight excluding hydrogens is 320 g/mol. The van der Waals surface area contributed by atoms with Gasteiger partial charge in [-0.2, -0.15) is 0 Å². The number of rotatable bonds is 7. The number of aryl methyl sites for hydroxylation is 1. The molecule has 23 heavy (non-hydrogen) atoms. The summed E-state index contributed by atoms with van der Waals surface area (Å²) in [5.74, 6) is 0.758. The predicted molar refractivity (Wildman–Crippen MR) is 85.1 cm³/mol. The first kappa shape index (κ1) is 17.3. The standard InChI is InChI=1S/C15H20N2O5S/c1-17-8-4-5-12(17)13(18)10-16-23(19,20)11-6-7-14(21-2)15(9-11)22-3/h4-9,13,16,18H,10H2,1-3H3. The molecule has 0 saturated carbocycles. The van der Waals surface area contributed by atoms with Gasteiger partial charge in [0, 0.05) is 31.5 Å². The normalized spacial score (nSPS) is 12.9. The van der Waals surface area contributed by atoms with E-state index in [2.05, 4.69) is 4.72 Å². The van der Waals surface area contributed by atoms with Gasteiger partial charge in [0.05, 0.1) is 19.1 Å². The van der Waals surface area contributed by atoms with Gasteiger partial charge in [-0.25, -0.2) is 13.1 Å². The van der Waals surface area contributed by atoms with E-state index in [4.69, 9.17) is 9.47 Å². The highest BCUT2D eigenvalue weighted by Gasteiger charge is 2.19. The first-order valence-electron chi connectivity index (χ1n) is 6.90. The minimum absolute atomic E-state index is 0.0363. The monoisotopic (exact) mass is 340 g/mol. The van der Waals surface area contributed by atoms with E-state index in [1.165, 1.54) is 32.4 Å². The minimum atomic E-state index is -3.77. The van der Waals surface area contributed by atoms with Gasteiger partial charge in [-0.05, 0) is 24.3 Å². The zero-order valence-electron chi connectivity index (χ0n) is 13.2. The van der Waals surface area contributed by atoms with Crippen molar-refractivity contribution in [2.24, 2.45) is 7.05 Å². The van der Waals surface area contributed by atoms with Crippen molar-refractivity contribution in [2.45, 2.75) is 11.0 Å². The van der Waals surface area contributed by atoms with Gasteiger partial charge in [-0.15, -0.1) is 0 Å². The van der Waals surface area contributed by atoms with E-state index in [1.54, 1.807) is 29.9 Å². The van der Waals surface area contributed by atoms with Crippen LogP contribution in [0.4, 0.5) is 0 Å². The van der Waals surface area contributed by atoms with Crippen molar-refractivity contribution in [3.05, 3.63) is 42.2 Å². The van der Waals surface area contributed by atoms with Crippen molar-refractivity contribution in [1.82, 2.24) is 9.29 Å². The molecule has 8 heteroatoms. The molecule has 0 aliphatic heterocycles. The van der Waals surface area contributed by atoms with Crippen LogP contribution in [0.3, 0.4) is 0 Å². The first-order chi connectivity index (χ1) is 10.9. The van der Waals surface area contributed by atoms with Crippen LogP contribution in [-0.2, 0) is 17.1 Å². The van der Waals surface area contributed by atoms with Crippen LogP contribution in [0.1, 0.15) is 11.8 Å². The van der Waals surface area contributed by atoms with Crippen LogP contribution < -0.4 is 14.2 Å². The number of methoxy groups -OCH3 is 2. The summed E-state index contributed by atoms with van der Waals surface area (Å²) < 4.78 is 39.0. The number of hydrogen-bond donors (Lipinski definition) is 2. The molecule has 0 aliphatic carbocycles. The fourth-order valence-electron chi connectivity index (χ4n) is 2.18. The number of sulfonamides is 1. The van der Waals surface area contributed by atoms with Crippen LogP contribution in [0.5, 0.6) is 11.5 Å². The Hall–Kier alpha value is -2.03. The summed E-state index contributed by atoms with van der Waals surface area (Å²) in [6, 6.07) is 7.81. The average Bonchev–Trinajstić information content (AvgIpc) is 2.98. The van der Waals surface area contributed by atoms with Crippen LogP contribution in [0.15, 0.2) is 41.4 Å². The summed E-state index contributed by atoms with van der Waals surface area (Å²) in [7, 11) is 0.912. The summed E-state index contributed by atoms with van der Waals surface area (Å²) in [4.78, 5) is 0.0363. The molecule has 1 aromatic heterocycles. The zero-order valence-corrected chi connectivity index (χ0v) is 14.0. The molecule has 0 fully saturated rings. The Labute approximate surface area is 135 Å². The summed E-state index contributed by atoms with van der Waals surface area (Å²) in [5.41, 5.74) is 0.625. The van der Waals surface area contributed by atoms with Crippen molar-refractivity contribution in [2.75, 3.05) is 20.8 Å². The Morgan fingerprint density at radius 2 is 1.91 bits per heavy atom. The number of nitrogens with one attached hydrogen (secondary N) is 1. The number of aliphatic hydroxyl groups excluding tert-OH is 1. The Kier molecular flexibility index (Phi) is 5.30. The van der Waals surface area contributed by atoms with Gasteiger partial charge in [0.2, 0.25) is 10.0 Å². The molecule has 2 aromatic rings. The smallest absolute Gasteiger partial charge is 0.240 e. The maximum atomic E-state index is 12.3. The molecule has 1 heterocycles. The number of nitrogens with zero attached hydrogens (tertiary/aromatic N) is 1. The summed E-state index contributed by atoms with van der Waals surface area (Å²) in [5, 5.41) is 10.1. The van der Waals surface area contributed by atoms with Crippen molar-refractivity contribution in [3.8, 4) is 11.5 Å². The highest BCUT2D eigenvalue weighted by Crippen LogP contribution is 2.29. The maximum Gasteiger partial charge on any atom is 0.240 e. The zero-order chi connectivity index (χ0) is 17.0. The topological polar surface area (TPSA) is 89.8 Å². The summed E-state index contributed by atoms with van der Waals surface area (Å²) in [6.07, 6.45) is 0.839. The van der Waals surface area contributed by atoms with Gasteiger partial charge in [-0.3, -0.25) is 0 Å². The molecule has 7 nitrogen and oxygen atoms in total. The van der Waals surface area contributed by atoms with E-state index in [0.29, 0.717) is 17.2 Å². The van der Waals surface area contributed by atoms with Crippen LogP contribution in [-0.4, -0.2) is 38.9 Å². The molecule has 2 rings (SSSR count). The highest BCUT2D eigenvalue weighted by molar-refractivity contribution is 7.89. The van der Waals surface area contributed by atoms with Gasteiger partial charge < -0.3 is 19.1 Å². The minimum Gasteiger partial charge on any atom is -0.493 e. The first-order valence-corrected chi connectivity index (χ1v) is 8.38. The Bertz CT molecular complexity index is 770. The highest BCUT2D eigenvalue weighted by atomic mass is 32.2. The van der Waals surface area contributed by atoms with Gasteiger partial charge in [-0.1, -0.05) is 0 Å². The van der Waals surface area contributed by atoms with Crippen LogP contribution in [0.25, 0.3) is 0 Å². The number of aliphatic hydroxyl groups is 1. The maximum absolute atomic E-state index is 12.3. The van der Waals surface area contributed by atoms with Gasteiger partial charge in [0.1, 0.15) is 6.10 Å². The number of ether oxygens (including phenoxy) is 2. The lowest BCUT2D eigenvalue weighted by Crippen LogP contribution is -2.29. The van der Waals surface area contributed by atoms with Crippen molar-refractivity contribution >= 4 is 10.0 Å². The number of aromatic nitrogens is 1. The second-order valence-corrected chi connectivity index (χ2v) is 6.70.